The van der Waals surface area contributed by atoms with Gasteiger partial charge < -0.3 is 9.30 Å². The summed E-state index contributed by atoms with van der Waals surface area (Å²) in [5, 5.41) is 0.916. The molecule has 174 valence electrons. The van der Waals surface area contributed by atoms with E-state index in [2.05, 4.69) is 30.2 Å². The molecule has 0 N–H and O–H groups in total. The minimum absolute atomic E-state index is 0.182. The van der Waals surface area contributed by atoms with Gasteiger partial charge in [-0.3, -0.25) is 4.90 Å². The van der Waals surface area contributed by atoms with Crippen LogP contribution in [-0.2, 0) is 21.3 Å². The van der Waals surface area contributed by atoms with Gasteiger partial charge in [-0.2, -0.15) is 4.31 Å². The maximum absolute atomic E-state index is 12.9. The monoisotopic (exact) mass is 468 g/mol. The zero-order valence-electron chi connectivity index (χ0n) is 19.4. The number of morpholine rings is 1. The molecule has 3 rings (SSSR count). The van der Waals surface area contributed by atoms with E-state index >= 15 is 0 Å². The summed E-state index contributed by atoms with van der Waals surface area (Å²) in [6.45, 7) is 15.8. The molecule has 31 heavy (non-hydrogen) atoms. The molecule has 2 aromatic rings. The van der Waals surface area contributed by atoms with Crippen LogP contribution in [0, 0.1) is 5.92 Å². The summed E-state index contributed by atoms with van der Waals surface area (Å²) < 4.78 is 35.4. The minimum Gasteiger partial charge on any atom is -0.375 e. The van der Waals surface area contributed by atoms with E-state index in [4.69, 9.17) is 9.72 Å². The Balaban J connectivity index is 1.78. The lowest BCUT2D eigenvalue weighted by Crippen LogP contribution is -2.44. The fraction of sp³-hybridized carbons (Fsp3) is 0.682. The average Bonchev–Trinajstić information content (AvgIpc) is 3.09. The Morgan fingerprint density at radius 2 is 2.00 bits per heavy atom. The minimum atomic E-state index is -3.50. The third-order valence-electron chi connectivity index (χ3n) is 5.59. The van der Waals surface area contributed by atoms with E-state index in [1.54, 1.807) is 23.9 Å². The van der Waals surface area contributed by atoms with Gasteiger partial charge >= 0.3 is 0 Å². The maximum atomic E-state index is 12.9. The summed E-state index contributed by atoms with van der Waals surface area (Å²) in [7, 11) is -3.50. The van der Waals surface area contributed by atoms with E-state index in [1.807, 2.05) is 19.9 Å². The molecule has 1 aromatic carbocycles. The molecule has 1 fully saturated rings. The van der Waals surface area contributed by atoms with E-state index in [-0.39, 0.29) is 6.10 Å². The molecule has 2 heterocycles. The molecule has 0 radical (unpaired) electrons. The first-order chi connectivity index (χ1) is 14.8. The SMILES string of the molecule is CCN(CC)S(=O)(=O)c1ccc2c(c1)nc(SCC1CN(CC(C)C)CCO1)n2CC. The number of rotatable bonds is 10. The van der Waals surface area contributed by atoms with Crippen molar-refractivity contribution in [1.29, 1.82) is 0 Å². The van der Waals surface area contributed by atoms with Crippen molar-refractivity contribution in [2.75, 3.05) is 45.1 Å². The quantitative estimate of drug-likeness (QED) is 0.497. The summed E-state index contributed by atoms with van der Waals surface area (Å²) in [5.41, 5.74) is 1.69. The predicted molar refractivity (Wildman–Crippen MR) is 127 cm³/mol. The molecule has 0 amide bonds. The Bertz CT molecular complexity index is 971. The Morgan fingerprint density at radius 3 is 2.65 bits per heavy atom. The van der Waals surface area contributed by atoms with E-state index < -0.39 is 10.0 Å². The van der Waals surface area contributed by atoms with Crippen LogP contribution in [0.3, 0.4) is 0 Å². The Hall–Kier alpha value is -1.13. The maximum Gasteiger partial charge on any atom is 0.243 e. The number of imidazole rings is 1. The second kappa shape index (κ2) is 10.7. The third kappa shape index (κ3) is 5.63. The van der Waals surface area contributed by atoms with Crippen LogP contribution in [0.15, 0.2) is 28.3 Å². The number of benzene rings is 1. The number of ether oxygens (including phenoxy) is 1. The highest BCUT2D eigenvalue weighted by molar-refractivity contribution is 7.99. The van der Waals surface area contributed by atoms with Gasteiger partial charge in [0.25, 0.3) is 0 Å². The molecule has 1 aromatic heterocycles. The third-order valence-corrected chi connectivity index (χ3v) is 8.74. The molecular formula is C22H36N4O3S2. The number of hydrogen-bond donors (Lipinski definition) is 0. The van der Waals surface area contributed by atoms with Crippen LogP contribution in [0.25, 0.3) is 11.0 Å². The number of thioether (sulfide) groups is 1. The second-order valence-corrected chi connectivity index (χ2v) is 11.3. The van der Waals surface area contributed by atoms with Crippen molar-refractivity contribution in [3.05, 3.63) is 18.2 Å². The average molecular weight is 469 g/mol. The lowest BCUT2D eigenvalue weighted by molar-refractivity contribution is -0.0191. The highest BCUT2D eigenvalue weighted by Crippen LogP contribution is 2.28. The van der Waals surface area contributed by atoms with Crippen molar-refractivity contribution >= 4 is 32.8 Å². The normalized spacial score (nSPS) is 18.5. The van der Waals surface area contributed by atoms with Crippen LogP contribution >= 0.6 is 11.8 Å². The number of sulfonamides is 1. The molecule has 1 atom stereocenters. The molecule has 1 unspecified atom stereocenters. The lowest BCUT2D eigenvalue weighted by Gasteiger charge is -2.33. The fourth-order valence-electron chi connectivity index (χ4n) is 4.11. The van der Waals surface area contributed by atoms with Gasteiger partial charge in [0.15, 0.2) is 5.16 Å². The van der Waals surface area contributed by atoms with Crippen LogP contribution in [0.4, 0.5) is 0 Å². The Kier molecular flexibility index (Phi) is 8.43. The smallest absolute Gasteiger partial charge is 0.243 e. The molecule has 1 aliphatic heterocycles. The zero-order chi connectivity index (χ0) is 22.6. The summed E-state index contributed by atoms with van der Waals surface area (Å²) in [5.74, 6) is 1.49. The van der Waals surface area contributed by atoms with Gasteiger partial charge in [0, 0.05) is 45.0 Å². The van der Waals surface area contributed by atoms with Gasteiger partial charge in [-0.1, -0.05) is 39.5 Å². The molecule has 0 bridgehead atoms. The van der Waals surface area contributed by atoms with Crippen LogP contribution in [-0.4, -0.2) is 78.4 Å². The molecule has 1 aliphatic rings. The number of aryl methyl sites for hydroxylation is 1. The van der Waals surface area contributed by atoms with Crippen molar-refractivity contribution in [1.82, 2.24) is 18.8 Å². The molecular weight excluding hydrogens is 432 g/mol. The van der Waals surface area contributed by atoms with Gasteiger partial charge in [0.2, 0.25) is 10.0 Å². The van der Waals surface area contributed by atoms with Gasteiger partial charge in [-0.15, -0.1) is 0 Å². The first-order valence-electron chi connectivity index (χ1n) is 11.3. The van der Waals surface area contributed by atoms with Crippen molar-refractivity contribution in [3.63, 3.8) is 0 Å². The molecule has 0 saturated carbocycles. The van der Waals surface area contributed by atoms with Gasteiger partial charge in [0.05, 0.1) is 28.6 Å². The summed E-state index contributed by atoms with van der Waals surface area (Å²) in [6, 6.07) is 5.29. The molecule has 0 spiro atoms. The Labute approximate surface area is 191 Å². The topological polar surface area (TPSA) is 67.7 Å². The highest BCUT2D eigenvalue weighted by atomic mass is 32.2. The van der Waals surface area contributed by atoms with Crippen LogP contribution in [0.2, 0.25) is 0 Å². The van der Waals surface area contributed by atoms with Gasteiger partial charge in [0.1, 0.15) is 0 Å². The molecule has 9 heteroatoms. The van der Waals surface area contributed by atoms with Crippen LogP contribution in [0.5, 0.6) is 0 Å². The summed E-state index contributed by atoms with van der Waals surface area (Å²) >= 11 is 1.69. The summed E-state index contributed by atoms with van der Waals surface area (Å²) in [4.78, 5) is 7.58. The zero-order valence-corrected chi connectivity index (χ0v) is 21.0. The van der Waals surface area contributed by atoms with Crippen molar-refractivity contribution in [2.45, 2.75) is 57.3 Å². The fourth-order valence-corrected chi connectivity index (χ4v) is 6.67. The number of fused-ring (bicyclic) bond motifs is 1. The number of hydrogen-bond acceptors (Lipinski definition) is 6. The van der Waals surface area contributed by atoms with Crippen molar-refractivity contribution < 1.29 is 13.2 Å². The molecule has 7 nitrogen and oxygen atoms in total. The van der Waals surface area contributed by atoms with Crippen molar-refractivity contribution in [3.8, 4) is 0 Å². The first kappa shape index (κ1) is 24.5. The van der Waals surface area contributed by atoms with E-state index in [9.17, 15) is 8.42 Å². The number of aromatic nitrogens is 2. The number of nitrogens with zero attached hydrogens (tertiary/aromatic N) is 4. The predicted octanol–water partition coefficient (Wildman–Crippen LogP) is 3.54. The lowest BCUT2D eigenvalue weighted by atomic mass is 10.2. The van der Waals surface area contributed by atoms with Crippen LogP contribution in [0.1, 0.15) is 34.6 Å². The van der Waals surface area contributed by atoms with E-state index in [0.29, 0.717) is 23.9 Å². The first-order valence-corrected chi connectivity index (χ1v) is 13.7. The highest BCUT2D eigenvalue weighted by Gasteiger charge is 2.24. The standard InChI is InChI=1S/C22H36N4O3S2/c1-6-25(7-2)31(27,28)19-9-10-21-20(13-19)23-22(26(21)8-3)30-16-18-15-24(11-12-29-18)14-17(4)5/h9-10,13,17-18H,6-8,11-12,14-16H2,1-5H3. The van der Waals surface area contributed by atoms with Gasteiger partial charge in [-0.05, 0) is 31.0 Å². The molecule has 0 aliphatic carbocycles. The van der Waals surface area contributed by atoms with E-state index in [1.165, 1.54) is 4.31 Å². The van der Waals surface area contributed by atoms with E-state index in [0.717, 1.165) is 54.7 Å². The van der Waals surface area contributed by atoms with Crippen LogP contribution < -0.4 is 0 Å². The summed E-state index contributed by atoms with van der Waals surface area (Å²) in [6.07, 6.45) is 0.182. The van der Waals surface area contributed by atoms with Gasteiger partial charge in [-0.25, -0.2) is 13.4 Å². The van der Waals surface area contributed by atoms with Crippen molar-refractivity contribution in [2.24, 2.45) is 5.92 Å². The largest absolute Gasteiger partial charge is 0.375 e. The second-order valence-electron chi connectivity index (χ2n) is 8.34. The molecule has 1 saturated heterocycles. The Morgan fingerprint density at radius 1 is 1.26 bits per heavy atom.